The quantitative estimate of drug-likeness (QED) is 0.623. The Bertz CT molecular complexity index is 513. The lowest BCUT2D eigenvalue weighted by Crippen LogP contribution is -2.44. The molecular formula is C20H34N2O3. The molecule has 0 saturated heterocycles. The average molecular weight is 351 g/mol. The minimum atomic E-state index is -0.178. The maximum atomic E-state index is 12.9. The number of aromatic nitrogens is 1. The summed E-state index contributed by atoms with van der Waals surface area (Å²) in [6, 6.07) is 3.93. The zero-order valence-electron chi connectivity index (χ0n) is 16.8. The Balaban J connectivity index is 2.69. The molecule has 5 heteroatoms. The normalized spacial score (nSPS) is 14.0. The van der Waals surface area contributed by atoms with Gasteiger partial charge in [-0.05, 0) is 53.5 Å². The van der Waals surface area contributed by atoms with Crippen LogP contribution in [0.5, 0.6) is 5.88 Å². The molecule has 0 fully saturated rings. The van der Waals surface area contributed by atoms with Crippen LogP contribution in [0.4, 0.5) is 0 Å². The smallest absolute Gasteiger partial charge is 0.255 e. The third-order valence-electron chi connectivity index (χ3n) is 4.22. The number of nitrogens with zero attached hydrogens (tertiary/aromatic N) is 2. The summed E-state index contributed by atoms with van der Waals surface area (Å²) >= 11 is 0. The van der Waals surface area contributed by atoms with Gasteiger partial charge in [0.15, 0.2) is 0 Å². The molecule has 0 spiro atoms. The molecule has 5 nitrogen and oxygen atoms in total. The van der Waals surface area contributed by atoms with Gasteiger partial charge in [-0.15, -0.1) is 0 Å². The van der Waals surface area contributed by atoms with Crippen molar-refractivity contribution < 1.29 is 14.3 Å². The van der Waals surface area contributed by atoms with Gasteiger partial charge in [0, 0.05) is 24.3 Å². The van der Waals surface area contributed by atoms with Gasteiger partial charge in [0.25, 0.3) is 5.91 Å². The van der Waals surface area contributed by atoms with Crippen molar-refractivity contribution >= 4 is 5.91 Å². The number of hydrogen-bond donors (Lipinski definition) is 0. The number of hydrogen-bond acceptors (Lipinski definition) is 4. The lowest BCUT2D eigenvalue weighted by molar-refractivity contribution is -0.0168. The maximum absolute atomic E-state index is 12.9. The van der Waals surface area contributed by atoms with Crippen molar-refractivity contribution in [1.29, 1.82) is 0 Å². The number of amides is 1. The molecule has 0 N–H and O–H groups in total. The summed E-state index contributed by atoms with van der Waals surface area (Å²) in [4.78, 5) is 19.1. The second-order valence-electron chi connectivity index (χ2n) is 7.42. The van der Waals surface area contributed by atoms with Crippen molar-refractivity contribution in [3.8, 4) is 5.88 Å². The third kappa shape index (κ3) is 7.02. The first kappa shape index (κ1) is 21.4. The van der Waals surface area contributed by atoms with Crippen molar-refractivity contribution in [3.63, 3.8) is 0 Å². The fraction of sp³-hybridized carbons (Fsp3) is 0.700. The highest BCUT2D eigenvalue weighted by Crippen LogP contribution is 2.17. The molecule has 2 unspecified atom stereocenters. The van der Waals surface area contributed by atoms with E-state index in [1.807, 2.05) is 25.7 Å². The highest BCUT2D eigenvalue weighted by atomic mass is 16.5. The Morgan fingerprint density at radius 2 is 1.72 bits per heavy atom. The Morgan fingerprint density at radius 3 is 2.16 bits per heavy atom. The van der Waals surface area contributed by atoms with Crippen LogP contribution < -0.4 is 4.74 Å². The van der Waals surface area contributed by atoms with Crippen molar-refractivity contribution in [1.82, 2.24) is 9.88 Å². The van der Waals surface area contributed by atoms with Crippen LogP contribution in [0.15, 0.2) is 18.3 Å². The van der Waals surface area contributed by atoms with E-state index < -0.39 is 0 Å². The van der Waals surface area contributed by atoms with E-state index in [0.29, 0.717) is 24.7 Å². The second kappa shape index (κ2) is 9.76. The van der Waals surface area contributed by atoms with Crippen LogP contribution in [0.25, 0.3) is 0 Å². The van der Waals surface area contributed by atoms with Gasteiger partial charge in [0.05, 0.1) is 17.8 Å². The van der Waals surface area contributed by atoms with Gasteiger partial charge in [0.2, 0.25) is 5.88 Å². The summed E-state index contributed by atoms with van der Waals surface area (Å²) in [6.45, 7) is 15.3. The molecule has 1 aromatic heterocycles. The van der Waals surface area contributed by atoms with Crippen molar-refractivity contribution in [3.05, 3.63) is 23.9 Å². The highest BCUT2D eigenvalue weighted by Gasteiger charge is 2.24. The van der Waals surface area contributed by atoms with E-state index in [0.717, 1.165) is 12.8 Å². The molecule has 0 aliphatic rings. The molecular weight excluding hydrogens is 316 g/mol. The summed E-state index contributed by atoms with van der Waals surface area (Å²) in [5.74, 6) is 0.534. The maximum Gasteiger partial charge on any atom is 0.255 e. The Labute approximate surface area is 152 Å². The van der Waals surface area contributed by atoms with Crippen molar-refractivity contribution in [2.24, 2.45) is 0 Å². The largest absolute Gasteiger partial charge is 0.475 e. The van der Waals surface area contributed by atoms with Crippen molar-refractivity contribution in [2.45, 2.75) is 79.0 Å². The molecule has 1 heterocycles. The van der Waals surface area contributed by atoms with Crippen molar-refractivity contribution in [2.75, 3.05) is 13.2 Å². The molecule has 1 rings (SSSR count). The first-order valence-electron chi connectivity index (χ1n) is 9.25. The molecule has 0 radical (unpaired) electrons. The number of ether oxygens (including phenoxy) is 2. The van der Waals surface area contributed by atoms with E-state index >= 15 is 0 Å². The summed E-state index contributed by atoms with van der Waals surface area (Å²) in [6.07, 6.45) is 3.46. The van der Waals surface area contributed by atoms with Crippen LogP contribution >= 0.6 is 0 Å². The van der Waals surface area contributed by atoms with Gasteiger partial charge >= 0.3 is 0 Å². The summed E-state index contributed by atoms with van der Waals surface area (Å²) in [5.41, 5.74) is 0.418. The van der Waals surface area contributed by atoms with Gasteiger partial charge in [0.1, 0.15) is 6.61 Å². The number of pyridine rings is 1. The van der Waals surface area contributed by atoms with E-state index in [-0.39, 0.29) is 23.6 Å². The molecule has 0 aliphatic heterocycles. The Kier molecular flexibility index (Phi) is 8.36. The van der Waals surface area contributed by atoms with Crippen LogP contribution in [-0.2, 0) is 4.74 Å². The highest BCUT2D eigenvalue weighted by molar-refractivity contribution is 5.94. The Hall–Kier alpha value is -1.62. The first-order valence-corrected chi connectivity index (χ1v) is 9.25. The zero-order valence-corrected chi connectivity index (χ0v) is 16.8. The van der Waals surface area contributed by atoms with E-state index in [2.05, 4.69) is 32.7 Å². The van der Waals surface area contributed by atoms with Crippen LogP contribution in [0, 0.1) is 0 Å². The summed E-state index contributed by atoms with van der Waals surface area (Å²) in [5, 5.41) is 0. The topological polar surface area (TPSA) is 51.7 Å². The lowest BCUT2D eigenvalue weighted by atomic mass is 10.1. The van der Waals surface area contributed by atoms with Crippen LogP contribution in [0.2, 0.25) is 0 Å². The second-order valence-corrected chi connectivity index (χ2v) is 7.42. The molecule has 1 amide bonds. The molecule has 0 aromatic carbocycles. The van der Waals surface area contributed by atoms with E-state index in [1.165, 1.54) is 0 Å². The number of carbonyl (C=O) groups is 1. The third-order valence-corrected chi connectivity index (χ3v) is 4.22. The minimum Gasteiger partial charge on any atom is -0.475 e. The first-order chi connectivity index (χ1) is 11.7. The van der Waals surface area contributed by atoms with Gasteiger partial charge in [-0.25, -0.2) is 4.98 Å². The van der Waals surface area contributed by atoms with Gasteiger partial charge in [-0.1, -0.05) is 13.8 Å². The molecule has 0 aliphatic carbocycles. The molecule has 25 heavy (non-hydrogen) atoms. The molecule has 142 valence electrons. The standard InChI is InChI=1S/C20H34N2O3/c1-8-15(3)22(16(4)9-2)19(23)17-10-11-18(21-14-17)24-12-13-25-20(5,6)7/h10-11,14-16H,8-9,12-13H2,1-7H3. The molecule has 0 bridgehead atoms. The van der Waals surface area contributed by atoms with Gasteiger partial charge < -0.3 is 14.4 Å². The summed E-state index contributed by atoms with van der Waals surface area (Å²) < 4.78 is 11.2. The van der Waals surface area contributed by atoms with Gasteiger partial charge in [-0.2, -0.15) is 0 Å². The van der Waals surface area contributed by atoms with E-state index in [9.17, 15) is 4.79 Å². The zero-order chi connectivity index (χ0) is 19.0. The Morgan fingerprint density at radius 1 is 1.12 bits per heavy atom. The number of carbonyl (C=O) groups excluding carboxylic acids is 1. The van der Waals surface area contributed by atoms with Crippen LogP contribution in [0.3, 0.4) is 0 Å². The fourth-order valence-corrected chi connectivity index (χ4v) is 2.46. The lowest BCUT2D eigenvalue weighted by Gasteiger charge is -2.34. The van der Waals surface area contributed by atoms with Crippen LogP contribution in [-0.4, -0.2) is 46.7 Å². The molecule has 0 saturated carbocycles. The summed E-state index contributed by atoms with van der Waals surface area (Å²) in [7, 11) is 0. The average Bonchev–Trinajstić information content (AvgIpc) is 2.58. The van der Waals surface area contributed by atoms with E-state index in [4.69, 9.17) is 9.47 Å². The van der Waals surface area contributed by atoms with Gasteiger partial charge in [-0.3, -0.25) is 4.79 Å². The number of rotatable bonds is 9. The van der Waals surface area contributed by atoms with Crippen LogP contribution in [0.1, 0.15) is 71.7 Å². The predicted octanol–water partition coefficient (Wildman–Crippen LogP) is 4.31. The predicted molar refractivity (Wildman–Crippen MR) is 101 cm³/mol. The minimum absolute atomic E-state index is 0.0267. The van der Waals surface area contributed by atoms with E-state index in [1.54, 1.807) is 18.3 Å². The fourth-order valence-electron chi connectivity index (χ4n) is 2.46. The molecule has 1 aromatic rings. The molecule has 2 atom stereocenters. The monoisotopic (exact) mass is 350 g/mol. The SMILES string of the molecule is CCC(C)N(C(=O)c1ccc(OCCOC(C)(C)C)nc1)C(C)CC.